The zero-order valence-electron chi connectivity index (χ0n) is 24.9. The molecule has 1 heterocycles. The van der Waals surface area contributed by atoms with E-state index in [4.69, 9.17) is 5.73 Å². The van der Waals surface area contributed by atoms with Crippen LogP contribution in [-0.4, -0.2) is 91.8 Å². The molecule has 5 N–H and O–H groups in total. The van der Waals surface area contributed by atoms with E-state index >= 15 is 0 Å². The van der Waals surface area contributed by atoms with Gasteiger partial charge < -0.3 is 26.2 Å². The lowest BCUT2D eigenvalue weighted by atomic mass is 9.88. The third-order valence-electron chi connectivity index (χ3n) is 7.78. The zero-order valence-corrected chi connectivity index (χ0v) is 24.9. The summed E-state index contributed by atoms with van der Waals surface area (Å²) >= 11 is 0. The molecule has 4 amide bonds. The van der Waals surface area contributed by atoms with Crippen molar-refractivity contribution in [3.8, 4) is 0 Å². The van der Waals surface area contributed by atoms with Gasteiger partial charge >= 0.3 is 0 Å². The maximum Gasteiger partial charge on any atom is 0.246 e. The minimum Gasteiger partial charge on any atom is -0.355 e. The Bertz CT molecular complexity index is 1110. The number of nitrogens with zero attached hydrogens (tertiary/aromatic N) is 2. The van der Waals surface area contributed by atoms with Crippen molar-refractivity contribution in [3.63, 3.8) is 0 Å². The monoisotopic (exact) mass is 578 g/mol. The largest absolute Gasteiger partial charge is 0.355 e. The molecule has 1 saturated heterocycles. The predicted molar refractivity (Wildman–Crippen MR) is 163 cm³/mol. The van der Waals surface area contributed by atoms with Gasteiger partial charge in [-0.2, -0.15) is 0 Å². The minimum absolute atomic E-state index is 0.0315. The number of hydrogen-bond acceptors (Lipinski definition) is 7. The maximum absolute atomic E-state index is 13.1. The number of carbonyl (C=O) groups excluding carboxylic acids is 4. The molecule has 0 aromatic heterocycles. The van der Waals surface area contributed by atoms with E-state index in [1.54, 1.807) is 0 Å². The van der Waals surface area contributed by atoms with Gasteiger partial charge in [-0.25, -0.2) is 0 Å². The van der Waals surface area contributed by atoms with E-state index in [0.29, 0.717) is 19.0 Å². The van der Waals surface area contributed by atoms with Gasteiger partial charge in [0.1, 0.15) is 6.54 Å². The van der Waals surface area contributed by atoms with E-state index in [1.165, 1.54) is 23.0 Å². The molecule has 42 heavy (non-hydrogen) atoms. The fraction of sp³-hybridized carbons (Fsp3) is 0.500. The third kappa shape index (κ3) is 11.0. The second-order valence-corrected chi connectivity index (χ2v) is 11.0. The molecule has 1 aliphatic heterocycles. The molecule has 10 nitrogen and oxygen atoms in total. The highest BCUT2D eigenvalue weighted by atomic mass is 16.2. The molecule has 2 aromatic carbocycles. The van der Waals surface area contributed by atoms with Crippen LogP contribution in [0.2, 0.25) is 0 Å². The highest BCUT2D eigenvalue weighted by Crippen LogP contribution is 2.27. The summed E-state index contributed by atoms with van der Waals surface area (Å²) < 4.78 is 0. The van der Waals surface area contributed by atoms with E-state index in [2.05, 4.69) is 52.2 Å². The van der Waals surface area contributed by atoms with Crippen LogP contribution in [0.4, 0.5) is 0 Å². The van der Waals surface area contributed by atoms with Crippen LogP contribution in [0.3, 0.4) is 0 Å². The maximum atomic E-state index is 13.1. The lowest BCUT2D eigenvalue weighted by molar-refractivity contribution is -0.139. The summed E-state index contributed by atoms with van der Waals surface area (Å²) in [6.45, 7) is 2.96. The van der Waals surface area contributed by atoms with Gasteiger partial charge in [-0.3, -0.25) is 24.5 Å². The normalized spacial score (nSPS) is 15.8. The minimum atomic E-state index is -0.760. The van der Waals surface area contributed by atoms with E-state index in [0.717, 1.165) is 32.2 Å². The smallest absolute Gasteiger partial charge is 0.246 e. The van der Waals surface area contributed by atoms with Crippen molar-refractivity contribution in [1.29, 1.82) is 0 Å². The summed E-state index contributed by atoms with van der Waals surface area (Å²) in [4.78, 5) is 53.3. The predicted octanol–water partition coefficient (Wildman–Crippen LogP) is 1.61. The van der Waals surface area contributed by atoms with Crippen molar-refractivity contribution < 1.29 is 19.2 Å². The first-order valence-corrected chi connectivity index (χ1v) is 14.9. The number of amides is 4. The molecule has 1 aliphatic rings. The summed E-state index contributed by atoms with van der Waals surface area (Å²) in [5.74, 6) is -1.49. The molecule has 2 atom stereocenters. The van der Waals surface area contributed by atoms with Crippen molar-refractivity contribution in [2.24, 2.45) is 5.73 Å². The summed E-state index contributed by atoms with van der Waals surface area (Å²) in [5, 5.41) is 8.15. The van der Waals surface area contributed by atoms with Crippen LogP contribution in [0.5, 0.6) is 0 Å². The molecule has 3 rings (SSSR count). The van der Waals surface area contributed by atoms with Crippen molar-refractivity contribution in [2.45, 2.75) is 57.0 Å². The Morgan fingerprint density at radius 1 is 0.952 bits per heavy atom. The highest BCUT2D eigenvalue weighted by Gasteiger charge is 2.27. The second-order valence-electron chi connectivity index (χ2n) is 11.0. The summed E-state index contributed by atoms with van der Waals surface area (Å²) in [6, 6.07) is 20.1. The Morgan fingerprint density at radius 2 is 1.60 bits per heavy atom. The number of nitrogens with two attached hydrogens (primary N) is 1. The van der Waals surface area contributed by atoms with Gasteiger partial charge in [-0.1, -0.05) is 60.7 Å². The van der Waals surface area contributed by atoms with Crippen molar-refractivity contribution in [1.82, 2.24) is 25.8 Å². The van der Waals surface area contributed by atoms with Gasteiger partial charge in [0.05, 0.1) is 12.6 Å². The van der Waals surface area contributed by atoms with Crippen molar-refractivity contribution in [3.05, 3.63) is 71.8 Å². The number of hydrogen-bond donors (Lipinski definition) is 4. The molecule has 2 aromatic rings. The van der Waals surface area contributed by atoms with Gasteiger partial charge in [0.2, 0.25) is 23.6 Å². The van der Waals surface area contributed by atoms with Crippen molar-refractivity contribution >= 4 is 23.6 Å². The molecule has 0 radical (unpaired) electrons. The molecule has 0 saturated carbocycles. The Morgan fingerprint density at radius 3 is 2.17 bits per heavy atom. The molecule has 10 heteroatoms. The van der Waals surface area contributed by atoms with Crippen molar-refractivity contribution in [2.75, 3.05) is 46.3 Å². The first-order chi connectivity index (χ1) is 20.2. The molecule has 0 bridgehead atoms. The van der Waals surface area contributed by atoms with Gasteiger partial charge in [0.15, 0.2) is 0 Å². The third-order valence-corrected chi connectivity index (χ3v) is 7.78. The fourth-order valence-electron chi connectivity index (χ4n) is 5.47. The Balaban J connectivity index is 1.47. The average molecular weight is 579 g/mol. The van der Waals surface area contributed by atoms with E-state index in [9.17, 15) is 19.2 Å². The Labute approximate surface area is 249 Å². The standard InChI is InChI=1S/C32H46N6O4/c1-24(39)35-19-21-38(32(42)29(33)16-15-27-14-9-20-37(27)2)23-31(41)36-30(40)22-34-18-17-28(25-10-5-3-6-11-25)26-12-7-4-8-13-26/h3-8,10-13,27-29,34H,9,14-23,33H2,1-2H3,(H,35,39)(H,36,40,41)/t27-,29-/m0/s1. The quantitative estimate of drug-likeness (QED) is 0.222. The van der Waals surface area contributed by atoms with Gasteiger partial charge in [0.25, 0.3) is 0 Å². The molecular formula is C32H46N6O4. The van der Waals surface area contributed by atoms with Crippen LogP contribution in [0.1, 0.15) is 56.1 Å². The SMILES string of the molecule is CC(=O)NCCN(CC(=O)NC(=O)CNCCC(c1ccccc1)c1ccccc1)C(=O)[C@@H](N)CC[C@@H]1CCCN1C. The van der Waals surface area contributed by atoms with Crippen LogP contribution in [0.25, 0.3) is 0 Å². The highest BCUT2D eigenvalue weighted by molar-refractivity contribution is 5.98. The second kappa shape index (κ2) is 17.4. The van der Waals surface area contributed by atoms with Gasteiger partial charge in [-0.15, -0.1) is 0 Å². The fourth-order valence-corrected chi connectivity index (χ4v) is 5.47. The van der Waals surface area contributed by atoms with Crippen LogP contribution in [0, 0.1) is 0 Å². The Kier molecular flexibility index (Phi) is 13.6. The van der Waals surface area contributed by atoms with Crippen LogP contribution in [-0.2, 0) is 19.2 Å². The molecule has 0 spiro atoms. The van der Waals surface area contributed by atoms with E-state index < -0.39 is 17.9 Å². The lowest BCUT2D eigenvalue weighted by Gasteiger charge is -2.26. The molecule has 228 valence electrons. The number of imide groups is 1. The molecule has 1 fully saturated rings. The summed E-state index contributed by atoms with van der Waals surface area (Å²) in [7, 11) is 2.08. The number of benzene rings is 2. The van der Waals surface area contributed by atoms with E-state index in [-0.39, 0.29) is 43.9 Å². The van der Waals surface area contributed by atoms with Crippen LogP contribution < -0.4 is 21.7 Å². The first kappa shape index (κ1) is 32.9. The number of carbonyl (C=O) groups is 4. The number of nitrogens with one attached hydrogen (secondary N) is 3. The Hall–Kier alpha value is -3.60. The van der Waals surface area contributed by atoms with E-state index in [1.807, 2.05) is 36.4 Å². The van der Waals surface area contributed by atoms with Crippen LogP contribution >= 0.6 is 0 Å². The molecular weight excluding hydrogens is 532 g/mol. The number of rotatable bonds is 16. The zero-order chi connectivity index (χ0) is 30.3. The first-order valence-electron chi connectivity index (χ1n) is 14.9. The average Bonchev–Trinajstić information content (AvgIpc) is 3.40. The van der Waals surface area contributed by atoms with Crippen LogP contribution in [0.15, 0.2) is 60.7 Å². The summed E-state index contributed by atoms with van der Waals surface area (Å²) in [5.41, 5.74) is 8.63. The van der Waals surface area contributed by atoms with Gasteiger partial charge in [0, 0.05) is 32.0 Å². The topological polar surface area (TPSA) is 137 Å². The number of likely N-dealkylation sites (tertiary alicyclic amines) is 1. The summed E-state index contributed by atoms with van der Waals surface area (Å²) in [6.07, 6.45) is 4.30. The lowest BCUT2D eigenvalue weighted by Crippen LogP contribution is -2.51. The molecule has 0 aliphatic carbocycles. The van der Waals surface area contributed by atoms with Gasteiger partial charge in [-0.05, 0) is 63.4 Å². The molecule has 0 unspecified atom stereocenters.